The maximum absolute atomic E-state index is 13.8. The molecule has 4 rings (SSSR count). The monoisotopic (exact) mass is 350 g/mol. The molecule has 0 aliphatic carbocycles. The summed E-state index contributed by atoms with van der Waals surface area (Å²) in [7, 11) is 0. The fourth-order valence-electron chi connectivity index (χ4n) is 3.27. The Morgan fingerprint density at radius 2 is 2.04 bits per heavy atom. The molecule has 2 aromatic heterocycles. The smallest absolute Gasteiger partial charge is 0.254 e. The van der Waals surface area contributed by atoms with Gasteiger partial charge in [-0.1, -0.05) is 12.1 Å². The molecule has 3 aromatic rings. The molecule has 1 aliphatic rings. The van der Waals surface area contributed by atoms with Crippen molar-refractivity contribution in [3.8, 4) is 11.4 Å². The van der Waals surface area contributed by atoms with Gasteiger partial charge in [0.1, 0.15) is 11.6 Å². The molecule has 0 saturated heterocycles. The van der Waals surface area contributed by atoms with Gasteiger partial charge in [-0.25, -0.2) is 9.37 Å². The molecule has 6 heteroatoms. The van der Waals surface area contributed by atoms with Crippen molar-refractivity contribution in [3.05, 3.63) is 81.3 Å². The lowest BCUT2D eigenvalue weighted by molar-refractivity contribution is 0.240. The fraction of sp³-hybridized carbons (Fsp3) is 0.250. The van der Waals surface area contributed by atoms with E-state index in [1.54, 1.807) is 31.5 Å². The van der Waals surface area contributed by atoms with Crippen LogP contribution in [0.25, 0.3) is 11.4 Å². The Morgan fingerprint density at radius 3 is 2.81 bits per heavy atom. The molecular weight excluding hydrogens is 331 g/mol. The van der Waals surface area contributed by atoms with Crippen LogP contribution in [0.5, 0.6) is 0 Å². The molecule has 0 saturated carbocycles. The normalized spacial score (nSPS) is 14.2. The van der Waals surface area contributed by atoms with Crippen LogP contribution in [0, 0.1) is 12.7 Å². The van der Waals surface area contributed by atoms with Crippen molar-refractivity contribution in [2.45, 2.75) is 26.4 Å². The molecule has 0 unspecified atom stereocenters. The SMILES string of the molecule is Cc1ccc(CN2CCc3c(nc(-c4ccncc4)[nH]c3=O)C2)cc1F. The molecule has 0 spiro atoms. The molecule has 3 heterocycles. The molecule has 0 radical (unpaired) electrons. The summed E-state index contributed by atoms with van der Waals surface area (Å²) >= 11 is 0. The van der Waals surface area contributed by atoms with Gasteiger partial charge in [0.05, 0.1) is 5.69 Å². The molecule has 0 fully saturated rings. The molecular formula is C20H19FN4O. The molecule has 0 atom stereocenters. The second kappa shape index (κ2) is 6.80. The molecule has 0 bridgehead atoms. The number of aromatic nitrogens is 3. The van der Waals surface area contributed by atoms with Crippen molar-refractivity contribution in [1.82, 2.24) is 19.9 Å². The second-order valence-electron chi connectivity index (χ2n) is 6.62. The minimum Gasteiger partial charge on any atom is -0.306 e. The van der Waals surface area contributed by atoms with E-state index in [2.05, 4.69) is 19.9 Å². The van der Waals surface area contributed by atoms with Crippen molar-refractivity contribution < 1.29 is 4.39 Å². The lowest BCUT2D eigenvalue weighted by Gasteiger charge is -2.27. The van der Waals surface area contributed by atoms with Crippen LogP contribution in [-0.4, -0.2) is 26.4 Å². The van der Waals surface area contributed by atoms with Crippen LogP contribution in [0.15, 0.2) is 47.5 Å². The van der Waals surface area contributed by atoms with Crippen LogP contribution in [0.3, 0.4) is 0 Å². The predicted octanol–water partition coefficient (Wildman–Crippen LogP) is 2.84. The predicted molar refractivity (Wildman–Crippen MR) is 97.0 cm³/mol. The maximum Gasteiger partial charge on any atom is 0.254 e. The van der Waals surface area contributed by atoms with Gasteiger partial charge in [-0.05, 0) is 42.7 Å². The summed E-state index contributed by atoms with van der Waals surface area (Å²) in [4.78, 5) is 26.1. The first kappa shape index (κ1) is 16.6. The zero-order valence-electron chi connectivity index (χ0n) is 14.5. The van der Waals surface area contributed by atoms with Gasteiger partial charge in [-0.15, -0.1) is 0 Å². The van der Waals surface area contributed by atoms with E-state index in [1.165, 1.54) is 0 Å². The van der Waals surface area contributed by atoms with Gasteiger partial charge < -0.3 is 4.98 Å². The van der Waals surface area contributed by atoms with Crippen molar-refractivity contribution in [3.63, 3.8) is 0 Å². The first-order chi connectivity index (χ1) is 12.6. The average Bonchev–Trinajstić information content (AvgIpc) is 2.65. The largest absolute Gasteiger partial charge is 0.306 e. The number of hydrogen-bond donors (Lipinski definition) is 1. The highest BCUT2D eigenvalue weighted by molar-refractivity contribution is 5.54. The Morgan fingerprint density at radius 1 is 1.23 bits per heavy atom. The van der Waals surface area contributed by atoms with Gasteiger partial charge >= 0.3 is 0 Å². The Kier molecular flexibility index (Phi) is 4.34. The lowest BCUT2D eigenvalue weighted by Crippen LogP contribution is -2.35. The van der Waals surface area contributed by atoms with Crippen LogP contribution in [0.4, 0.5) is 4.39 Å². The highest BCUT2D eigenvalue weighted by atomic mass is 19.1. The topological polar surface area (TPSA) is 61.9 Å². The van der Waals surface area contributed by atoms with E-state index in [0.29, 0.717) is 30.9 Å². The van der Waals surface area contributed by atoms with Crippen molar-refractivity contribution in [2.75, 3.05) is 6.54 Å². The highest BCUT2D eigenvalue weighted by Crippen LogP contribution is 2.20. The molecule has 5 nitrogen and oxygen atoms in total. The van der Waals surface area contributed by atoms with E-state index in [-0.39, 0.29) is 11.4 Å². The first-order valence-electron chi connectivity index (χ1n) is 8.60. The quantitative estimate of drug-likeness (QED) is 0.789. The summed E-state index contributed by atoms with van der Waals surface area (Å²) in [6.07, 6.45) is 3.99. The third kappa shape index (κ3) is 3.28. The summed E-state index contributed by atoms with van der Waals surface area (Å²) in [5.41, 5.74) is 3.86. The summed E-state index contributed by atoms with van der Waals surface area (Å²) in [5, 5.41) is 0. The molecule has 1 aromatic carbocycles. The van der Waals surface area contributed by atoms with Crippen LogP contribution in [0.1, 0.15) is 22.4 Å². The Balaban J connectivity index is 1.60. The highest BCUT2D eigenvalue weighted by Gasteiger charge is 2.21. The van der Waals surface area contributed by atoms with E-state index in [9.17, 15) is 9.18 Å². The van der Waals surface area contributed by atoms with E-state index >= 15 is 0 Å². The number of aromatic amines is 1. The summed E-state index contributed by atoms with van der Waals surface area (Å²) in [6, 6.07) is 8.97. The number of nitrogens with zero attached hydrogens (tertiary/aromatic N) is 3. The molecule has 0 amide bonds. The number of benzene rings is 1. The van der Waals surface area contributed by atoms with Crippen LogP contribution >= 0.6 is 0 Å². The van der Waals surface area contributed by atoms with E-state index < -0.39 is 0 Å². The van der Waals surface area contributed by atoms with Gasteiger partial charge in [0.15, 0.2) is 0 Å². The molecule has 26 heavy (non-hydrogen) atoms. The molecule has 1 N–H and O–H groups in total. The summed E-state index contributed by atoms with van der Waals surface area (Å²) < 4.78 is 13.8. The number of aryl methyl sites for hydroxylation is 1. The van der Waals surface area contributed by atoms with Crippen molar-refractivity contribution >= 4 is 0 Å². The minimum absolute atomic E-state index is 0.0807. The van der Waals surface area contributed by atoms with Crippen LogP contribution in [-0.2, 0) is 19.5 Å². The second-order valence-corrected chi connectivity index (χ2v) is 6.62. The minimum atomic E-state index is -0.186. The number of pyridine rings is 1. The molecule has 132 valence electrons. The maximum atomic E-state index is 13.8. The molecule has 1 aliphatic heterocycles. The Labute approximate surface area is 150 Å². The average molecular weight is 350 g/mol. The number of nitrogens with one attached hydrogen (secondary N) is 1. The first-order valence-corrected chi connectivity index (χ1v) is 8.60. The van der Waals surface area contributed by atoms with E-state index in [1.807, 2.05) is 18.2 Å². The fourth-order valence-corrected chi connectivity index (χ4v) is 3.27. The third-order valence-corrected chi connectivity index (χ3v) is 4.75. The standard InChI is InChI=1S/C20H19FN4O/c1-13-2-3-14(10-17(13)21)11-25-9-6-16-18(12-25)23-19(24-20(16)26)15-4-7-22-8-5-15/h2-5,7-8,10H,6,9,11-12H2,1H3,(H,23,24,26). The van der Waals surface area contributed by atoms with Gasteiger partial charge in [0.25, 0.3) is 5.56 Å². The van der Waals surface area contributed by atoms with Gasteiger partial charge in [-0.3, -0.25) is 14.7 Å². The zero-order chi connectivity index (χ0) is 18.1. The number of fused-ring (bicyclic) bond motifs is 1. The van der Waals surface area contributed by atoms with Crippen molar-refractivity contribution in [2.24, 2.45) is 0 Å². The number of rotatable bonds is 3. The number of hydrogen-bond acceptors (Lipinski definition) is 4. The Bertz CT molecular complexity index is 1000. The number of halogens is 1. The van der Waals surface area contributed by atoms with Crippen molar-refractivity contribution in [1.29, 1.82) is 0 Å². The lowest BCUT2D eigenvalue weighted by atomic mass is 10.0. The third-order valence-electron chi connectivity index (χ3n) is 4.75. The van der Waals surface area contributed by atoms with E-state index in [0.717, 1.165) is 28.9 Å². The summed E-state index contributed by atoms with van der Waals surface area (Å²) in [5.74, 6) is 0.369. The van der Waals surface area contributed by atoms with Gasteiger partial charge in [0.2, 0.25) is 0 Å². The van der Waals surface area contributed by atoms with Crippen LogP contribution in [0.2, 0.25) is 0 Å². The summed E-state index contributed by atoms with van der Waals surface area (Å²) in [6.45, 7) is 3.72. The van der Waals surface area contributed by atoms with E-state index in [4.69, 9.17) is 0 Å². The van der Waals surface area contributed by atoms with Gasteiger partial charge in [-0.2, -0.15) is 0 Å². The van der Waals surface area contributed by atoms with Gasteiger partial charge in [0, 0.05) is 43.2 Å². The number of H-pyrrole nitrogens is 1. The zero-order valence-corrected chi connectivity index (χ0v) is 14.5. The van der Waals surface area contributed by atoms with Crippen LogP contribution < -0.4 is 5.56 Å². The Hall–Kier alpha value is -2.86.